The highest BCUT2D eigenvalue weighted by molar-refractivity contribution is 5.86. The first-order valence-corrected chi connectivity index (χ1v) is 6.28. The van der Waals surface area contributed by atoms with Gasteiger partial charge in [-0.05, 0) is 37.8 Å². The summed E-state index contributed by atoms with van der Waals surface area (Å²) in [6.07, 6.45) is 5.69. The fourth-order valence-electron chi connectivity index (χ4n) is 3.06. The number of carbonyl (C=O) groups excluding carboxylic acids is 1. The van der Waals surface area contributed by atoms with Gasteiger partial charge in [-0.3, -0.25) is 9.48 Å². The minimum Gasteiger partial charge on any atom is -0.317 e. The van der Waals surface area contributed by atoms with Crippen LogP contribution in [0.5, 0.6) is 0 Å². The Bertz CT molecular complexity index is 433. The Morgan fingerprint density at radius 1 is 1.59 bits per heavy atom. The van der Waals surface area contributed by atoms with Crippen LogP contribution < -0.4 is 5.32 Å². The first-order chi connectivity index (χ1) is 8.20. The topological polar surface area (TPSA) is 59.8 Å². The molecule has 2 fully saturated rings. The molecule has 3 rings (SSSR count). The van der Waals surface area contributed by atoms with E-state index in [0.717, 1.165) is 38.0 Å². The number of carbonyl (C=O) groups is 1. The molecule has 5 heteroatoms. The van der Waals surface area contributed by atoms with Gasteiger partial charge in [0.2, 0.25) is 0 Å². The highest BCUT2D eigenvalue weighted by Crippen LogP contribution is 2.59. The van der Waals surface area contributed by atoms with Gasteiger partial charge in [0, 0.05) is 19.2 Å². The van der Waals surface area contributed by atoms with E-state index in [4.69, 9.17) is 0 Å². The minimum atomic E-state index is 0.284. The van der Waals surface area contributed by atoms with E-state index in [1.54, 1.807) is 4.68 Å². The van der Waals surface area contributed by atoms with E-state index >= 15 is 0 Å². The Kier molecular flexibility index (Phi) is 2.50. The molecule has 1 N–H and O–H groups in total. The fourth-order valence-corrected chi connectivity index (χ4v) is 3.06. The molecule has 1 spiro atoms. The quantitative estimate of drug-likeness (QED) is 0.818. The van der Waals surface area contributed by atoms with Crippen LogP contribution in [0.15, 0.2) is 6.20 Å². The summed E-state index contributed by atoms with van der Waals surface area (Å²) in [6.45, 7) is 2.13. The predicted octanol–water partition coefficient (Wildman–Crippen LogP) is 0.316. The number of piperidine rings is 1. The van der Waals surface area contributed by atoms with Crippen LogP contribution in [0.3, 0.4) is 0 Å². The van der Waals surface area contributed by atoms with Crippen LogP contribution in [-0.4, -0.2) is 33.9 Å². The average molecular weight is 234 g/mol. The summed E-state index contributed by atoms with van der Waals surface area (Å²) in [5.74, 6) is 0.638. The molecule has 0 aromatic carbocycles. The molecule has 2 aliphatic rings. The molecule has 1 aliphatic carbocycles. The normalized spacial score (nSPS) is 26.1. The smallest absolute Gasteiger partial charge is 0.142 e. The zero-order valence-corrected chi connectivity index (χ0v) is 10.1. The lowest BCUT2D eigenvalue weighted by molar-refractivity contribution is -0.120. The van der Waals surface area contributed by atoms with Gasteiger partial charge >= 0.3 is 0 Å². The summed E-state index contributed by atoms with van der Waals surface area (Å²) in [5.41, 5.74) is 1.14. The third-order valence-electron chi connectivity index (χ3n) is 4.18. The molecule has 1 aromatic rings. The molecule has 0 bridgehead atoms. The summed E-state index contributed by atoms with van der Waals surface area (Å²) >= 11 is 0. The number of hydrogen-bond donors (Lipinski definition) is 1. The van der Waals surface area contributed by atoms with Gasteiger partial charge in [-0.2, -0.15) is 0 Å². The lowest BCUT2D eigenvalue weighted by Crippen LogP contribution is -2.31. The van der Waals surface area contributed by atoms with Crippen molar-refractivity contribution in [1.82, 2.24) is 20.3 Å². The number of hydrogen-bond acceptors (Lipinski definition) is 4. The van der Waals surface area contributed by atoms with Crippen molar-refractivity contribution in [1.29, 1.82) is 0 Å². The van der Waals surface area contributed by atoms with Gasteiger partial charge in [-0.25, -0.2) is 0 Å². The van der Waals surface area contributed by atoms with Gasteiger partial charge < -0.3 is 5.32 Å². The van der Waals surface area contributed by atoms with E-state index < -0.39 is 0 Å². The van der Waals surface area contributed by atoms with E-state index in [9.17, 15) is 4.79 Å². The third kappa shape index (κ3) is 1.99. The van der Waals surface area contributed by atoms with E-state index in [-0.39, 0.29) is 5.92 Å². The summed E-state index contributed by atoms with van der Waals surface area (Å²) in [4.78, 5) is 12.2. The minimum absolute atomic E-state index is 0.284. The van der Waals surface area contributed by atoms with Gasteiger partial charge in [0.1, 0.15) is 5.78 Å². The zero-order chi connectivity index (χ0) is 11.9. The van der Waals surface area contributed by atoms with Crippen LogP contribution in [0.1, 0.15) is 25.0 Å². The number of Topliss-reactive ketones (excluding diaryl/α,β-unsaturated/α-hetero) is 1. The second-order valence-corrected chi connectivity index (χ2v) is 5.40. The molecule has 0 amide bonds. The Hall–Kier alpha value is -1.23. The summed E-state index contributed by atoms with van der Waals surface area (Å²) in [5, 5.41) is 11.2. The Morgan fingerprint density at radius 3 is 3.00 bits per heavy atom. The number of ketones is 1. The standard InChI is InChI=1S/C12H18N4O/c1-16-8-9(14-15-16)6-11(17)10-7-12(10)2-4-13-5-3-12/h8,10,13H,2-7H2,1H3. The van der Waals surface area contributed by atoms with Crippen LogP contribution in [-0.2, 0) is 18.3 Å². The second kappa shape index (κ2) is 3.91. The average Bonchev–Trinajstić information content (AvgIpc) is 2.85. The van der Waals surface area contributed by atoms with Gasteiger partial charge in [-0.15, -0.1) is 5.10 Å². The molecule has 92 valence electrons. The van der Waals surface area contributed by atoms with Gasteiger partial charge in [-0.1, -0.05) is 5.21 Å². The van der Waals surface area contributed by atoms with Gasteiger partial charge in [0.15, 0.2) is 0 Å². The molecule has 2 heterocycles. The maximum Gasteiger partial charge on any atom is 0.142 e. The maximum absolute atomic E-state index is 12.2. The van der Waals surface area contributed by atoms with Gasteiger partial charge in [0.05, 0.1) is 12.1 Å². The van der Waals surface area contributed by atoms with Crippen molar-refractivity contribution in [2.45, 2.75) is 25.7 Å². The largest absolute Gasteiger partial charge is 0.317 e. The second-order valence-electron chi connectivity index (χ2n) is 5.40. The van der Waals surface area contributed by atoms with Crippen molar-refractivity contribution >= 4 is 5.78 Å². The molecule has 1 saturated carbocycles. The zero-order valence-electron chi connectivity index (χ0n) is 10.1. The molecular formula is C12H18N4O. The molecule has 17 heavy (non-hydrogen) atoms. The van der Waals surface area contributed by atoms with Crippen molar-refractivity contribution in [3.8, 4) is 0 Å². The van der Waals surface area contributed by atoms with Gasteiger partial charge in [0.25, 0.3) is 0 Å². The van der Waals surface area contributed by atoms with E-state index in [2.05, 4.69) is 15.6 Å². The van der Waals surface area contributed by atoms with E-state index in [1.807, 2.05) is 13.2 Å². The SMILES string of the molecule is Cn1cc(CC(=O)C2CC23CCNCC3)nn1. The van der Waals surface area contributed by atoms with Crippen LogP contribution in [0.25, 0.3) is 0 Å². The van der Waals surface area contributed by atoms with Crippen LogP contribution in [0.4, 0.5) is 0 Å². The number of nitrogens with one attached hydrogen (secondary N) is 1. The number of aromatic nitrogens is 3. The first kappa shape index (κ1) is 10.9. The van der Waals surface area contributed by atoms with E-state index in [0.29, 0.717) is 17.6 Å². The predicted molar refractivity (Wildman–Crippen MR) is 62.4 cm³/mol. The molecule has 1 unspecified atom stereocenters. The Balaban J connectivity index is 1.61. The monoisotopic (exact) mass is 234 g/mol. The van der Waals surface area contributed by atoms with Crippen molar-refractivity contribution < 1.29 is 4.79 Å². The first-order valence-electron chi connectivity index (χ1n) is 6.28. The highest BCUT2D eigenvalue weighted by atomic mass is 16.1. The molecule has 1 saturated heterocycles. The lowest BCUT2D eigenvalue weighted by atomic mass is 9.90. The van der Waals surface area contributed by atoms with Crippen LogP contribution in [0, 0.1) is 11.3 Å². The van der Waals surface area contributed by atoms with Crippen molar-refractivity contribution in [2.75, 3.05) is 13.1 Å². The maximum atomic E-state index is 12.2. The molecule has 5 nitrogen and oxygen atoms in total. The molecule has 0 radical (unpaired) electrons. The Morgan fingerprint density at radius 2 is 2.35 bits per heavy atom. The summed E-state index contributed by atoms with van der Waals surface area (Å²) in [7, 11) is 1.83. The molecule has 1 aliphatic heterocycles. The highest BCUT2D eigenvalue weighted by Gasteiger charge is 2.56. The van der Waals surface area contributed by atoms with Crippen molar-refractivity contribution in [3.63, 3.8) is 0 Å². The third-order valence-corrected chi connectivity index (χ3v) is 4.18. The Labute approximate surface area is 101 Å². The lowest BCUT2D eigenvalue weighted by Gasteiger charge is -2.23. The van der Waals surface area contributed by atoms with Crippen LogP contribution in [0.2, 0.25) is 0 Å². The molecule has 1 atom stereocenters. The van der Waals surface area contributed by atoms with Crippen molar-refractivity contribution in [3.05, 3.63) is 11.9 Å². The van der Waals surface area contributed by atoms with E-state index in [1.165, 1.54) is 0 Å². The van der Waals surface area contributed by atoms with Crippen LogP contribution >= 0.6 is 0 Å². The number of nitrogens with zero attached hydrogens (tertiary/aromatic N) is 3. The molecular weight excluding hydrogens is 216 g/mol. The molecule has 1 aromatic heterocycles. The number of rotatable bonds is 3. The number of aryl methyl sites for hydroxylation is 1. The summed E-state index contributed by atoms with van der Waals surface area (Å²) < 4.78 is 1.65. The summed E-state index contributed by atoms with van der Waals surface area (Å²) in [6, 6.07) is 0. The van der Waals surface area contributed by atoms with Crippen molar-refractivity contribution in [2.24, 2.45) is 18.4 Å². The fraction of sp³-hybridized carbons (Fsp3) is 0.750.